The van der Waals surface area contributed by atoms with Gasteiger partial charge in [-0.2, -0.15) is 0 Å². The molecule has 0 spiro atoms. The SMILES string of the molecule is Cc1cc(C(=O)O)cc(C)c1C.Cc1cc(C)c(C(=O)O)c(C)c1. The van der Waals surface area contributed by atoms with Crippen LogP contribution in [0.15, 0.2) is 24.3 Å². The van der Waals surface area contributed by atoms with Gasteiger partial charge in [-0.05, 0) is 81.5 Å². The molecule has 2 aromatic rings. The number of carboxylic acid groups (broad SMARTS) is 2. The Kier molecular flexibility index (Phi) is 6.29. The van der Waals surface area contributed by atoms with E-state index in [1.165, 1.54) is 5.56 Å². The van der Waals surface area contributed by atoms with Gasteiger partial charge in [0, 0.05) is 0 Å². The Morgan fingerprint density at radius 3 is 1.42 bits per heavy atom. The first-order valence-electron chi connectivity index (χ1n) is 7.66. The molecule has 2 rings (SSSR count). The Balaban J connectivity index is 0.000000240. The van der Waals surface area contributed by atoms with E-state index in [4.69, 9.17) is 10.2 Å². The van der Waals surface area contributed by atoms with Crippen LogP contribution >= 0.6 is 0 Å². The Labute approximate surface area is 142 Å². The molecule has 0 atom stereocenters. The predicted molar refractivity (Wildman–Crippen MR) is 95.2 cm³/mol. The number of aromatic carboxylic acids is 2. The van der Waals surface area contributed by atoms with Gasteiger partial charge in [0.05, 0.1) is 11.1 Å². The monoisotopic (exact) mass is 328 g/mol. The van der Waals surface area contributed by atoms with Crippen molar-refractivity contribution in [3.63, 3.8) is 0 Å². The molecule has 0 aliphatic rings. The van der Waals surface area contributed by atoms with E-state index in [1.807, 2.05) is 53.7 Å². The van der Waals surface area contributed by atoms with Crippen molar-refractivity contribution in [3.05, 3.63) is 68.8 Å². The zero-order chi connectivity index (χ0) is 18.6. The zero-order valence-corrected chi connectivity index (χ0v) is 15.0. The summed E-state index contributed by atoms with van der Waals surface area (Å²) in [4.78, 5) is 21.4. The summed E-state index contributed by atoms with van der Waals surface area (Å²) >= 11 is 0. The average Bonchev–Trinajstić information content (AvgIpc) is 2.43. The third-order valence-corrected chi connectivity index (χ3v) is 4.06. The van der Waals surface area contributed by atoms with Crippen LogP contribution in [-0.4, -0.2) is 22.2 Å². The largest absolute Gasteiger partial charge is 0.478 e. The highest BCUT2D eigenvalue weighted by Gasteiger charge is 2.10. The van der Waals surface area contributed by atoms with Crippen molar-refractivity contribution in [2.24, 2.45) is 0 Å². The lowest BCUT2D eigenvalue weighted by Crippen LogP contribution is -2.03. The minimum absolute atomic E-state index is 0.371. The highest BCUT2D eigenvalue weighted by molar-refractivity contribution is 5.91. The van der Waals surface area contributed by atoms with Gasteiger partial charge in [-0.25, -0.2) is 9.59 Å². The summed E-state index contributed by atoms with van der Waals surface area (Å²) < 4.78 is 0. The maximum absolute atomic E-state index is 10.8. The summed E-state index contributed by atoms with van der Waals surface area (Å²) in [6, 6.07) is 7.17. The van der Waals surface area contributed by atoms with Crippen molar-refractivity contribution in [3.8, 4) is 0 Å². The van der Waals surface area contributed by atoms with E-state index in [1.54, 1.807) is 12.1 Å². The van der Waals surface area contributed by atoms with E-state index >= 15 is 0 Å². The molecule has 4 heteroatoms. The minimum atomic E-state index is -0.860. The fourth-order valence-corrected chi connectivity index (χ4v) is 2.68. The van der Waals surface area contributed by atoms with Gasteiger partial charge < -0.3 is 10.2 Å². The van der Waals surface area contributed by atoms with Crippen molar-refractivity contribution in [2.45, 2.75) is 41.5 Å². The molecule has 0 aliphatic heterocycles. The van der Waals surface area contributed by atoms with Crippen LogP contribution in [0.4, 0.5) is 0 Å². The standard InChI is InChI=1S/2C10H12O2/c1-6-4-9(10(11)12)5-7(2)8(6)3;1-6-4-7(2)9(10(11)12)8(3)5-6/h2*4-5H,1-3H3,(H,11,12). The molecule has 0 heterocycles. The number of hydrogen-bond acceptors (Lipinski definition) is 2. The summed E-state index contributed by atoms with van der Waals surface area (Å²) in [5.41, 5.74) is 6.81. The molecule has 0 fully saturated rings. The highest BCUT2D eigenvalue weighted by Crippen LogP contribution is 2.16. The van der Waals surface area contributed by atoms with Crippen LogP contribution in [0.25, 0.3) is 0 Å². The second-order valence-electron chi connectivity index (χ2n) is 6.12. The predicted octanol–water partition coefficient (Wildman–Crippen LogP) is 4.62. The van der Waals surface area contributed by atoms with Crippen molar-refractivity contribution < 1.29 is 19.8 Å². The van der Waals surface area contributed by atoms with Crippen LogP contribution in [0.2, 0.25) is 0 Å². The van der Waals surface area contributed by atoms with Gasteiger partial charge in [0.2, 0.25) is 0 Å². The number of carbonyl (C=O) groups is 2. The van der Waals surface area contributed by atoms with Crippen molar-refractivity contribution >= 4 is 11.9 Å². The first kappa shape index (κ1) is 19.4. The first-order chi connectivity index (χ1) is 11.0. The Morgan fingerprint density at radius 2 is 1.08 bits per heavy atom. The van der Waals surface area contributed by atoms with E-state index in [2.05, 4.69) is 0 Å². The maximum Gasteiger partial charge on any atom is 0.336 e. The fraction of sp³-hybridized carbons (Fsp3) is 0.300. The van der Waals surface area contributed by atoms with Crippen molar-refractivity contribution in [1.82, 2.24) is 0 Å². The highest BCUT2D eigenvalue weighted by atomic mass is 16.4. The third kappa shape index (κ3) is 4.69. The van der Waals surface area contributed by atoms with Crippen LogP contribution in [-0.2, 0) is 0 Å². The molecular formula is C20H24O4. The van der Waals surface area contributed by atoms with Gasteiger partial charge >= 0.3 is 11.9 Å². The second-order valence-corrected chi connectivity index (χ2v) is 6.12. The second kappa shape index (κ2) is 7.77. The first-order valence-corrected chi connectivity index (χ1v) is 7.66. The van der Waals surface area contributed by atoms with Gasteiger partial charge in [0.1, 0.15) is 0 Å². The Hall–Kier alpha value is -2.62. The molecule has 0 saturated carbocycles. The van der Waals surface area contributed by atoms with Crippen LogP contribution in [0.5, 0.6) is 0 Å². The van der Waals surface area contributed by atoms with Gasteiger partial charge in [-0.3, -0.25) is 0 Å². The molecule has 0 radical (unpaired) electrons. The fourth-order valence-electron chi connectivity index (χ4n) is 2.68. The normalized spacial score (nSPS) is 9.92. The molecule has 0 aromatic heterocycles. The molecule has 4 nitrogen and oxygen atoms in total. The van der Waals surface area contributed by atoms with Crippen molar-refractivity contribution in [1.29, 1.82) is 0 Å². The molecule has 0 bridgehead atoms. The summed E-state index contributed by atoms with van der Waals surface area (Å²) in [6.07, 6.45) is 0. The lowest BCUT2D eigenvalue weighted by Gasteiger charge is -2.05. The van der Waals surface area contributed by atoms with Crippen molar-refractivity contribution in [2.75, 3.05) is 0 Å². The summed E-state index contributed by atoms with van der Waals surface area (Å²) in [5, 5.41) is 17.6. The Bertz CT molecular complexity index is 742. The topological polar surface area (TPSA) is 74.6 Å². The quantitative estimate of drug-likeness (QED) is 0.843. The van der Waals surface area contributed by atoms with Crippen LogP contribution in [0.3, 0.4) is 0 Å². The molecule has 0 aliphatic carbocycles. The van der Waals surface area contributed by atoms with E-state index in [0.717, 1.165) is 27.8 Å². The van der Waals surface area contributed by atoms with E-state index in [9.17, 15) is 9.59 Å². The molecule has 0 unspecified atom stereocenters. The number of aryl methyl sites for hydroxylation is 5. The lowest BCUT2D eigenvalue weighted by atomic mass is 10.0. The van der Waals surface area contributed by atoms with E-state index < -0.39 is 11.9 Å². The molecular weight excluding hydrogens is 304 g/mol. The molecule has 24 heavy (non-hydrogen) atoms. The van der Waals surface area contributed by atoms with E-state index in [0.29, 0.717) is 11.1 Å². The molecule has 0 amide bonds. The Morgan fingerprint density at radius 1 is 0.667 bits per heavy atom. The van der Waals surface area contributed by atoms with E-state index in [-0.39, 0.29) is 0 Å². The average molecular weight is 328 g/mol. The molecule has 2 aromatic carbocycles. The van der Waals surface area contributed by atoms with Gasteiger partial charge in [-0.1, -0.05) is 17.7 Å². The van der Waals surface area contributed by atoms with Crippen LogP contribution < -0.4 is 0 Å². The lowest BCUT2D eigenvalue weighted by molar-refractivity contribution is 0.0685. The number of rotatable bonds is 2. The molecule has 2 N–H and O–H groups in total. The van der Waals surface area contributed by atoms with Gasteiger partial charge in [0.25, 0.3) is 0 Å². The number of carboxylic acids is 2. The summed E-state index contributed by atoms with van der Waals surface area (Å²) in [5.74, 6) is -1.70. The summed E-state index contributed by atoms with van der Waals surface area (Å²) in [6.45, 7) is 11.5. The maximum atomic E-state index is 10.8. The van der Waals surface area contributed by atoms with Gasteiger partial charge in [0.15, 0.2) is 0 Å². The number of benzene rings is 2. The zero-order valence-electron chi connectivity index (χ0n) is 15.0. The van der Waals surface area contributed by atoms with Gasteiger partial charge in [-0.15, -0.1) is 0 Å². The van der Waals surface area contributed by atoms with Crippen LogP contribution in [0.1, 0.15) is 54.1 Å². The smallest absolute Gasteiger partial charge is 0.336 e. The van der Waals surface area contributed by atoms with Crippen LogP contribution in [0, 0.1) is 41.5 Å². The summed E-state index contributed by atoms with van der Waals surface area (Å²) in [7, 11) is 0. The molecule has 128 valence electrons. The molecule has 0 saturated heterocycles. The number of hydrogen-bond donors (Lipinski definition) is 2. The third-order valence-electron chi connectivity index (χ3n) is 4.06. The minimum Gasteiger partial charge on any atom is -0.478 e.